The Kier molecular flexibility index (Phi) is 4.72. The Hall–Kier alpha value is -1.39. The van der Waals surface area contributed by atoms with Crippen LogP contribution in [0.1, 0.15) is 13.8 Å². The zero-order valence-corrected chi connectivity index (χ0v) is 8.09. The Labute approximate surface area is 77.2 Å². The van der Waals surface area contributed by atoms with Gasteiger partial charge >= 0.3 is 11.9 Å². The van der Waals surface area contributed by atoms with E-state index in [1.54, 1.807) is 13.8 Å². The first-order valence-electron chi connectivity index (χ1n) is 3.95. The normalized spacial score (nSPS) is 9.15. The molecule has 0 heterocycles. The van der Waals surface area contributed by atoms with Crippen molar-refractivity contribution >= 4 is 17.6 Å². The molecule has 5 heteroatoms. The van der Waals surface area contributed by atoms with E-state index < -0.39 is 11.9 Å². The summed E-state index contributed by atoms with van der Waals surface area (Å²) in [5.41, 5.74) is 0.320. The van der Waals surface area contributed by atoms with Crippen molar-refractivity contribution in [3.8, 4) is 0 Å². The van der Waals surface area contributed by atoms with Gasteiger partial charge in [-0.15, -0.1) is 0 Å². The highest BCUT2D eigenvalue weighted by molar-refractivity contribution is 6.32. The Morgan fingerprint density at radius 3 is 2.38 bits per heavy atom. The fourth-order valence-electron chi connectivity index (χ4n) is 0.776. The smallest absolute Gasteiger partial charge is 0.397 e. The molecule has 0 aromatic heterocycles. The number of carbonyl (C=O) groups is 2. The van der Waals surface area contributed by atoms with Crippen LogP contribution >= 0.6 is 0 Å². The number of carbonyl (C=O) groups excluding carboxylic acids is 2. The summed E-state index contributed by atoms with van der Waals surface area (Å²) < 4.78 is 4.51. The summed E-state index contributed by atoms with van der Waals surface area (Å²) in [6.07, 6.45) is 0. The summed E-state index contributed by atoms with van der Waals surface area (Å²) >= 11 is 0. The van der Waals surface area contributed by atoms with Crippen LogP contribution in [0, 0.1) is 5.41 Å². The molecule has 0 atom stereocenters. The summed E-state index contributed by atoms with van der Waals surface area (Å²) in [7, 11) is 1.46. The molecule has 0 aliphatic rings. The van der Waals surface area contributed by atoms with Crippen LogP contribution in [0.5, 0.6) is 0 Å². The highest BCUT2D eigenvalue weighted by Gasteiger charge is 2.19. The standard InChI is InChI=1S/C8H14N2O3/c1-4-13-8(12)7(11)10(3)5-6(2)9/h9H,4-5H2,1-3H3. The predicted octanol–water partition coefficient (Wildman–Crippen LogP) is 0.0476. The van der Waals surface area contributed by atoms with Gasteiger partial charge in [0.05, 0.1) is 13.2 Å². The van der Waals surface area contributed by atoms with E-state index in [0.29, 0.717) is 5.71 Å². The molecule has 0 saturated carbocycles. The van der Waals surface area contributed by atoms with Crippen molar-refractivity contribution in [2.75, 3.05) is 20.2 Å². The lowest BCUT2D eigenvalue weighted by Gasteiger charge is -2.14. The van der Waals surface area contributed by atoms with Gasteiger partial charge in [0, 0.05) is 12.8 Å². The summed E-state index contributed by atoms with van der Waals surface area (Å²) in [5, 5.41) is 7.11. The fourth-order valence-corrected chi connectivity index (χ4v) is 0.776. The van der Waals surface area contributed by atoms with Crippen molar-refractivity contribution in [1.82, 2.24) is 4.90 Å². The van der Waals surface area contributed by atoms with Crippen molar-refractivity contribution in [3.63, 3.8) is 0 Å². The minimum Gasteiger partial charge on any atom is -0.459 e. The molecule has 0 saturated heterocycles. The average Bonchev–Trinajstić information content (AvgIpc) is 2.02. The molecule has 0 spiro atoms. The van der Waals surface area contributed by atoms with Crippen LogP contribution in [0.2, 0.25) is 0 Å². The van der Waals surface area contributed by atoms with Crippen LogP contribution in [0.15, 0.2) is 0 Å². The molecule has 0 unspecified atom stereocenters. The summed E-state index contributed by atoms with van der Waals surface area (Å²) in [6, 6.07) is 0. The topological polar surface area (TPSA) is 70.5 Å². The lowest BCUT2D eigenvalue weighted by atomic mass is 10.4. The molecule has 0 aromatic rings. The van der Waals surface area contributed by atoms with E-state index in [1.165, 1.54) is 7.05 Å². The second kappa shape index (κ2) is 5.29. The first-order chi connectivity index (χ1) is 5.99. The lowest BCUT2D eigenvalue weighted by molar-refractivity contribution is -0.158. The summed E-state index contributed by atoms with van der Waals surface area (Å²) in [4.78, 5) is 23.2. The van der Waals surface area contributed by atoms with E-state index in [4.69, 9.17) is 5.41 Å². The van der Waals surface area contributed by atoms with Crippen LogP contribution in [-0.2, 0) is 14.3 Å². The molecular formula is C8H14N2O3. The van der Waals surface area contributed by atoms with Gasteiger partial charge in [-0.25, -0.2) is 4.79 Å². The van der Waals surface area contributed by atoms with Gasteiger partial charge in [-0.05, 0) is 13.8 Å². The van der Waals surface area contributed by atoms with Gasteiger partial charge in [-0.2, -0.15) is 0 Å². The van der Waals surface area contributed by atoms with Crippen molar-refractivity contribution < 1.29 is 14.3 Å². The first-order valence-corrected chi connectivity index (χ1v) is 3.95. The number of esters is 1. The van der Waals surface area contributed by atoms with Crippen LogP contribution in [0.25, 0.3) is 0 Å². The van der Waals surface area contributed by atoms with E-state index >= 15 is 0 Å². The molecular weight excluding hydrogens is 172 g/mol. The number of amides is 1. The van der Waals surface area contributed by atoms with Gasteiger partial charge in [-0.1, -0.05) is 0 Å². The van der Waals surface area contributed by atoms with E-state index in [1.807, 2.05) is 0 Å². The van der Waals surface area contributed by atoms with E-state index in [-0.39, 0.29) is 13.2 Å². The molecule has 0 aromatic carbocycles. The highest BCUT2D eigenvalue weighted by Crippen LogP contribution is 1.89. The number of rotatable bonds is 3. The second-order valence-electron chi connectivity index (χ2n) is 2.66. The van der Waals surface area contributed by atoms with E-state index in [2.05, 4.69) is 4.74 Å². The molecule has 0 aliphatic heterocycles. The third kappa shape index (κ3) is 4.25. The third-order valence-electron chi connectivity index (χ3n) is 1.27. The Morgan fingerprint density at radius 2 is 2.00 bits per heavy atom. The third-order valence-corrected chi connectivity index (χ3v) is 1.27. The minimum absolute atomic E-state index is 0.150. The lowest BCUT2D eigenvalue weighted by Crippen LogP contribution is -2.37. The van der Waals surface area contributed by atoms with Gasteiger partial charge in [-0.3, -0.25) is 4.79 Å². The quantitative estimate of drug-likeness (QED) is 0.384. The maximum absolute atomic E-state index is 11.1. The number of hydrogen-bond acceptors (Lipinski definition) is 4. The summed E-state index contributed by atoms with van der Waals surface area (Å²) in [6.45, 7) is 3.53. The number of likely N-dealkylation sites (N-methyl/N-ethyl adjacent to an activating group) is 1. The number of nitrogens with one attached hydrogen (secondary N) is 1. The second-order valence-corrected chi connectivity index (χ2v) is 2.66. The SMILES string of the molecule is CCOC(=O)C(=O)N(C)CC(C)=N. The van der Waals surface area contributed by atoms with Crippen molar-refractivity contribution in [1.29, 1.82) is 5.41 Å². The van der Waals surface area contributed by atoms with E-state index in [0.717, 1.165) is 4.90 Å². The zero-order chi connectivity index (χ0) is 10.4. The molecule has 1 N–H and O–H groups in total. The zero-order valence-electron chi connectivity index (χ0n) is 8.09. The molecule has 0 aliphatic carbocycles. The number of ether oxygens (including phenoxy) is 1. The van der Waals surface area contributed by atoms with Gasteiger partial charge in [0.25, 0.3) is 0 Å². The van der Waals surface area contributed by atoms with Crippen LogP contribution in [-0.4, -0.2) is 42.7 Å². The monoisotopic (exact) mass is 186 g/mol. The maximum atomic E-state index is 11.1. The van der Waals surface area contributed by atoms with Gasteiger partial charge < -0.3 is 15.0 Å². The Bertz CT molecular complexity index is 225. The van der Waals surface area contributed by atoms with E-state index in [9.17, 15) is 9.59 Å². The van der Waals surface area contributed by atoms with Crippen molar-refractivity contribution in [2.24, 2.45) is 0 Å². The Morgan fingerprint density at radius 1 is 1.46 bits per heavy atom. The van der Waals surface area contributed by atoms with Gasteiger partial charge in [0.2, 0.25) is 0 Å². The van der Waals surface area contributed by atoms with Gasteiger partial charge in [0.1, 0.15) is 0 Å². The molecule has 74 valence electrons. The minimum atomic E-state index is -0.869. The summed E-state index contributed by atoms with van der Waals surface area (Å²) in [5.74, 6) is -1.58. The maximum Gasteiger partial charge on any atom is 0.397 e. The van der Waals surface area contributed by atoms with Crippen LogP contribution < -0.4 is 0 Å². The molecule has 0 fully saturated rings. The molecule has 5 nitrogen and oxygen atoms in total. The highest BCUT2D eigenvalue weighted by atomic mass is 16.5. The van der Waals surface area contributed by atoms with Crippen molar-refractivity contribution in [3.05, 3.63) is 0 Å². The van der Waals surface area contributed by atoms with Crippen LogP contribution in [0.4, 0.5) is 0 Å². The molecule has 0 rings (SSSR count). The average molecular weight is 186 g/mol. The number of nitrogens with zero attached hydrogens (tertiary/aromatic N) is 1. The Balaban J connectivity index is 4.09. The van der Waals surface area contributed by atoms with Crippen LogP contribution in [0.3, 0.4) is 0 Å². The molecule has 13 heavy (non-hydrogen) atoms. The first kappa shape index (κ1) is 11.6. The predicted molar refractivity (Wildman–Crippen MR) is 47.7 cm³/mol. The fraction of sp³-hybridized carbons (Fsp3) is 0.625. The molecule has 1 amide bonds. The van der Waals surface area contributed by atoms with Gasteiger partial charge in [0.15, 0.2) is 0 Å². The molecule has 0 radical (unpaired) electrons. The molecule has 0 bridgehead atoms. The number of hydrogen-bond donors (Lipinski definition) is 1. The largest absolute Gasteiger partial charge is 0.459 e. The van der Waals surface area contributed by atoms with Crippen molar-refractivity contribution in [2.45, 2.75) is 13.8 Å².